The van der Waals surface area contributed by atoms with Gasteiger partial charge in [-0.3, -0.25) is 14.6 Å². The van der Waals surface area contributed by atoms with E-state index >= 15 is 0 Å². The van der Waals surface area contributed by atoms with E-state index in [0.717, 1.165) is 5.56 Å². The molecule has 0 amide bonds. The molecule has 162 valence electrons. The zero-order valence-electron chi connectivity index (χ0n) is 17.1. The number of pyridine rings is 1. The summed E-state index contributed by atoms with van der Waals surface area (Å²) in [6.07, 6.45) is 1.69. The topological polar surface area (TPSA) is 68.0 Å². The molecule has 7 heteroatoms. The number of hydrogen-bond acceptors (Lipinski definition) is 3. The largest absolute Gasteiger partial charge is 0.321 e. The Morgan fingerprint density at radius 3 is 1.91 bits per heavy atom. The third kappa shape index (κ3) is 4.80. The van der Waals surface area contributed by atoms with Crippen molar-refractivity contribution in [3.05, 3.63) is 125 Å². The maximum Gasteiger partial charge on any atom is 0.205 e. The Bertz CT molecular complexity index is 1180. The molecule has 2 atom stereocenters. The summed E-state index contributed by atoms with van der Waals surface area (Å²) < 4.78 is 14.6. The minimum absolute atomic E-state index is 0.401. The van der Waals surface area contributed by atoms with Crippen LogP contribution in [0.5, 0.6) is 0 Å². The molecule has 0 aliphatic heterocycles. The zero-order chi connectivity index (χ0) is 22.6. The molecular formula is C25H22Cl2N3OP. The lowest BCUT2D eigenvalue weighted by molar-refractivity contribution is 0.503. The summed E-state index contributed by atoms with van der Waals surface area (Å²) >= 11 is 12.5. The van der Waals surface area contributed by atoms with Crippen LogP contribution in [0.4, 0.5) is 0 Å². The predicted octanol–water partition coefficient (Wildman–Crippen LogP) is 5.65. The normalized spacial score (nSPS) is 13.5. The monoisotopic (exact) mass is 481 g/mol. The third-order valence-corrected chi connectivity index (χ3v) is 8.68. The molecule has 0 fully saturated rings. The molecular weight excluding hydrogens is 460 g/mol. The van der Waals surface area contributed by atoms with Crippen LogP contribution in [0.25, 0.3) is 0 Å². The van der Waals surface area contributed by atoms with Gasteiger partial charge in [-0.05, 0) is 54.1 Å². The van der Waals surface area contributed by atoms with Gasteiger partial charge in [-0.1, -0.05) is 71.7 Å². The van der Waals surface area contributed by atoms with Crippen molar-refractivity contribution in [1.82, 2.24) is 10.1 Å². The first-order chi connectivity index (χ1) is 15.5. The summed E-state index contributed by atoms with van der Waals surface area (Å²) in [4.78, 5) is 4.43. The lowest BCUT2D eigenvalue weighted by Gasteiger charge is -2.31. The molecule has 3 aromatic carbocycles. The van der Waals surface area contributed by atoms with Gasteiger partial charge in [0.25, 0.3) is 0 Å². The Morgan fingerprint density at radius 2 is 1.38 bits per heavy atom. The van der Waals surface area contributed by atoms with Crippen molar-refractivity contribution in [3.63, 3.8) is 0 Å². The average molecular weight is 482 g/mol. The zero-order valence-corrected chi connectivity index (χ0v) is 19.5. The van der Waals surface area contributed by atoms with E-state index in [2.05, 4.69) is 10.1 Å². The van der Waals surface area contributed by atoms with Crippen molar-refractivity contribution in [2.24, 2.45) is 5.73 Å². The highest BCUT2D eigenvalue weighted by Gasteiger charge is 2.34. The summed E-state index contributed by atoms with van der Waals surface area (Å²) in [5.74, 6) is 0. The van der Waals surface area contributed by atoms with E-state index < -0.39 is 19.4 Å². The molecule has 0 saturated carbocycles. The fraction of sp³-hybridized carbons (Fsp3) is 0.0800. The van der Waals surface area contributed by atoms with E-state index in [1.54, 1.807) is 18.3 Å². The second-order valence-electron chi connectivity index (χ2n) is 7.34. The van der Waals surface area contributed by atoms with Gasteiger partial charge in [0.15, 0.2) is 0 Å². The Labute approximate surface area is 197 Å². The molecule has 4 rings (SSSR count). The Balaban J connectivity index is 1.85. The SMILES string of the molecule is N[C@@H](c1ccccn1)[C@@H](NP(=O)(c1ccccc1)c1ccccc1)c1ccc(Cl)c(Cl)c1. The van der Waals surface area contributed by atoms with Gasteiger partial charge in [0.05, 0.1) is 27.8 Å². The fourth-order valence-corrected chi connectivity index (χ4v) is 6.37. The molecule has 32 heavy (non-hydrogen) atoms. The van der Waals surface area contributed by atoms with E-state index in [-0.39, 0.29) is 0 Å². The number of aromatic nitrogens is 1. The number of rotatable bonds is 7. The number of benzene rings is 3. The van der Waals surface area contributed by atoms with Crippen LogP contribution in [0.15, 0.2) is 103 Å². The highest BCUT2D eigenvalue weighted by molar-refractivity contribution is 7.76. The number of nitrogens with zero attached hydrogens (tertiary/aromatic N) is 1. The van der Waals surface area contributed by atoms with Gasteiger partial charge in [0.1, 0.15) is 0 Å². The van der Waals surface area contributed by atoms with Crippen LogP contribution >= 0.6 is 30.5 Å². The van der Waals surface area contributed by atoms with Gasteiger partial charge >= 0.3 is 0 Å². The van der Waals surface area contributed by atoms with Gasteiger partial charge in [0, 0.05) is 16.8 Å². The number of hydrogen-bond donors (Lipinski definition) is 2. The number of nitrogens with two attached hydrogens (primary N) is 1. The molecule has 4 aromatic rings. The van der Waals surface area contributed by atoms with Crippen LogP contribution < -0.4 is 21.4 Å². The van der Waals surface area contributed by atoms with Gasteiger partial charge in [-0.25, -0.2) is 0 Å². The Morgan fingerprint density at radius 1 is 0.781 bits per heavy atom. The lowest BCUT2D eigenvalue weighted by atomic mass is 9.98. The van der Waals surface area contributed by atoms with E-state index in [1.807, 2.05) is 84.9 Å². The van der Waals surface area contributed by atoms with Crippen LogP contribution in [0.2, 0.25) is 10.0 Å². The first-order valence-corrected chi connectivity index (χ1v) is 12.6. The molecule has 0 radical (unpaired) electrons. The second kappa shape index (κ2) is 9.99. The molecule has 0 bridgehead atoms. The molecule has 4 nitrogen and oxygen atoms in total. The van der Waals surface area contributed by atoms with E-state index in [4.69, 9.17) is 28.9 Å². The minimum atomic E-state index is -3.28. The highest BCUT2D eigenvalue weighted by Crippen LogP contribution is 2.44. The van der Waals surface area contributed by atoms with Crippen LogP contribution in [0, 0.1) is 0 Å². The van der Waals surface area contributed by atoms with Crippen LogP contribution in [-0.2, 0) is 4.57 Å². The Kier molecular flexibility index (Phi) is 7.10. The van der Waals surface area contributed by atoms with Crippen LogP contribution in [0.1, 0.15) is 23.3 Å². The molecule has 0 spiro atoms. The molecule has 0 aliphatic rings. The van der Waals surface area contributed by atoms with E-state index in [9.17, 15) is 4.57 Å². The van der Waals surface area contributed by atoms with Crippen LogP contribution in [-0.4, -0.2) is 4.98 Å². The van der Waals surface area contributed by atoms with E-state index in [0.29, 0.717) is 26.3 Å². The van der Waals surface area contributed by atoms with Crippen molar-refractivity contribution in [1.29, 1.82) is 0 Å². The summed E-state index contributed by atoms with van der Waals surface area (Å²) in [5, 5.41) is 5.62. The molecule has 3 N–H and O–H groups in total. The minimum Gasteiger partial charge on any atom is -0.321 e. The highest BCUT2D eigenvalue weighted by atomic mass is 35.5. The molecule has 0 unspecified atom stereocenters. The van der Waals surface area contributed by atoms with Crippen molar-refractivity contribution in [2.45, 2.75) is 12.1 Å². The molecule has 1 heterocycles. The average Bonchev–Trinajstić information content (AvgIpc) is 2.85. The van der Waals surface area contributed by atoms with Gasteiger partial charge in [0.2, 0.25) is 7.29 Å². The quantitative estimate of drug-likeness (QED) is 0.334. The maximum atomic E-state index is 14.6. The first kappa shape index (κ1) is 22.7. The third-order valence-electron chi connectivity index (χ3n) is 5.25. The van der Waals surface area contributed by atoms with Gasteiger partial charge in [-0.2, -0.15) is 0 Å². The predicted molar refractivity (Wildman–Crippen MR) is 133 cm³/mol. The van der Waals surface area contributed by atoms with Crippen molar-refractivity contribution < 1.29 is 4.57 Å². The van der Waals surface area contributed by atoms with E-state index in [1.165, 1.54) is 0 Å². The van der Waals surface area contributed by atoms with Crippen molar-refractivity contribution in [2.75, 3.05) is 0 Å². The molecule has 0 saturated heterocycles. The number of nitrogens with one attached hydrogen (secondary N) is 1. The number of halogens is 2. The maximum absolute atomic E-state index is 14.6. The standard InChI is InChI=1S/C25H22Cl2N3OP/c26-21-15-14-18(17-22(21)27)25(24(28)23-13-7-8-16-29-23)30-32(31,19-9-3-1-4-10-19)20-11-5-2-6-12-20/h1-17,24-25H,28H2,(H,30,31)/t24-,25-/m0/s1. The summed E-state index contributed by atoms with van der Waals surface area (Å²) in [7, 11) is -3.28. The molecule has 0 aliphatic carbocycles. The second-order valence-corrected chi connectivity index (χ2v) is 10.7. The van der Waals surface area contributed by atoms with Crippen LogP contribution in [0.3, 0.4) is 0 Å². The lowest BCUT2D eigenvalue weighted by Crippen LogP contribution is -2.36. The first-order valence-electron chi connectivity index (χ1n) is 10.1. The van der Waals surface area contributed by atoms with Crippen molar-refractivity contribution >= 4 is 41.1 Å². The summed E-state index contributed by atoms with van der Waals surface area (Å²) in [6.45, 7) is 0. The molecule has 1 aromatic heterocycles. The van der Waals surface area contributed by atoms with Gasteiger partial charge in [-0.15, -0.1) is 0 Å². The smallest absolute Gasteiger partial charge is 0.205 e. The summed E-state index contributed by atoms with van der Waals surface area (Å²) in [6, 6.07) is 28.5. The summed E-state index contributed by atoms with van der Waals surface area (Å²) in [5.41, 5.74) is 8.14. The Hall–Kier alpha value is -2.46. The van der Waals surface area contributed by atoms with Gasteiger partial charge < -0.3 is 5.73 Å². The fourth-order valence-electron chi connectivity index (χ4n) is 3.58. The van der Waals surface area contributed by atoms with Crippen molar-refractivity contribution in [3.8, 4) is 0 Å².